The lowest BCUT2D eigenvalue weighted by Crippen LogP contribution is -2.61. The first-order chi connectivity index (χ1) is 20.3. The number of fused-ring (bicyclic) bond motifs is 1. The van der Waals surface area contributed by atoms with Gasteiger partial charge in [0.05, 0.1) is 18.1 Å². The lowest BCUT2D eigenvalue weighted by Gasteiger charge is -2.42. The predicted octanol–water partition coefficient (Wildman–Crippen LogP) is -1.27. The Morgan fingerprint density at radius 1 is 0.767 bits per heavy atom. The van der Waals surface area contributed by atoms with Crippen LogP contribution in [0.15, 0.2) is 34.7 Å². The van der Waals surface area contributed by atoms with E-state index in [0.717, 1.165) is 24.3 Å². The Kier molecular flexibility index (Phi) is 8.41. The highest BCUT2D eigenvalue weighted by Crippen LogP contribution is 2.42. The fourth-order valence-corrected chi connectivity index (χ4v) is 4.91. The number of carbonyl (C=O) groups excluding carboxylic acids is 1. The molecule has 0 bridgehead atoms. The van der Waals surface area contributed by atoms with Crippen molar-refractivity contribution in [2.75, 3.05) is 6.61 Å². The van der Waals surface area contributed by atoms with E-state index in [9.17, 15) is 55.9 Å². The highest BCUT2D eigenvalue weighted by molar-refractivity contribution is 6.11. The summed E-state index contributed by atoms with van der Waals surface area (Å²) in [6.45, 7) is 0.813. The first-order valence-electron chi connectivity index (χ1n) is 13.0. The summed E-state index contributed by atoms with van der Waals surface area (Å²) < 4.78 is 27.3. The van der Waals surface area contributed by atoms with Crippen LogP contribution in [0.2, 0.25) is 0 Å². The van der Waals surface area contributed by atoms with Crippen molar-refractivity contribution in [2.24, 2.45) is 0 Å². The van der Waals surface area contributed by atoms with E-state index in [2.05, 4.69) is 0 Å². The number of aliphatic hydroxyl groups excluding tert-OH is 6. The molecule has 2 aliphatic heterocycles. The Bertz CT molecular complexity index is 1490. The van der Waals surface area contributed by atoms with Crippen molar-refractivity contribution >= 4 is 16.9 Å². The number of furan rings is 1. The predicted molar refractivity (Wildman–Crippen MR) is 139 cm³/mol. The zero-order chi connectivity index (χ0) is 31.3. The van der Waals surface area contributed by atoms with E-state index >= 15 is 0 Å². The van der Waals surface area contributed by atoms with E-state index in [1.54, 1.807) is 0 Å². The molecule has 0 spiro atoms. The molecule has 0 aliphatic carbocycles. The van der Waals surface area contributed by atoms with Crippen LogP contribution in [-0.4, -0.2) is 125 Å². The van der Waals surface area contributed by atoms with Gasteiger partial charge in [0.25, 0.3) is 0 Å². The number of phenols is 4. The molecule has 0 amide bonds. The molecule has 10 unspecified atom stereocenters. The molecule has 1 aromatic heterocycles. The van der Waals surface area contributed by atoms with Gasteiger partial charge in [0.2, 0.25) is 6.29 Å². The van der Waals surface area contributed by atoms with Crippen LogP contribution in [0.1, 0.15) is 17.3 Å². The summed E-state index contributed by atoms with van der Waals surface area (Å²) in [5.74, 6) is -3.60. The van der Waals surface area contributed by atoms with Gasteiger partial charge in [0.15, 0.2) is 17.8 Å². The van der Waals surface area contributed by atoms with E-state index in [0.29, 0.717) is 0 Å². The number of carbonyl (C=O) groups is 1. The number of benzene rings is 2. The fourth-order valence-electron chi connectivity index (χ4n) is 4.91. The largest absolute Gasteiger partial charge is 0.508 e. The molecule has 2 aromatic carbocycles. The van der Waals surface area contributed by atoms with Crippen molar-refractivity contribution in [2.45, 2.75) is 68.3 Å². The second-order valence-corrected chi connectivity index (χ2v) is 10.3. The number of phenolic OH excluding ortho intramolecular Hbond substituents is 4. The topological polar surface area (TPSA) is 269 Å². The second kappa shape index (κ2) is 11.8. The molecular formula is C27H30O16. The van der Waals surface area contributed by atoms with Gasteiger partial charge in [-0.1, -0.05) is 0 Å². The van der Waals surface area contributed by atoms with Crippen LogP contribution in [0.3, 0.4) is 0 Å². The molecule has 10 atom stereocenters. The molecule has 234 valence electrons. The smallest absolute Gasteiger partial charge is 0.345 e. The van der Waals surface area contributed by atoms with Crippen LogP contribution in [0, 0.1) is 0 Å². The van der Waals surface area contributed by atoms with Gasteiger partial charge in [-0.05, 0) is 25.1 Å². The quantitative estimate of drug-likeness (QED) is 0.115. The number of esters is 1. The molecule has 5 rings (SSSR count). The number of rotatable bonds is 6. The van der Waals surface area contributed by atoms with Crippen LogP contribution < -0.4 is 0 Å². The number of hydrogen-bond donors (Lipinski definition) is 10. The lowest BCUT2D eigenvalue weighted by molar-refractivity contribution is -0.321. The Morgan fingerprint density at radius 2 is 1.44 bits per heavy atom. The number of aliphatic hydroxyl groups is 6. The van der Waals surface area contributed by atoms with Crippen molar-refractivity contribution in [3.63, 3.8) is 0 Å². The normalized spacial score (nSPS) is 33.0. The number of aromatic hydroxyl groups is 4. The molecule has 3 aromatic rings. The summed E-state index contributed by atoms with van der Waals surface area (Å²) in [6, 6.07) is 5.45. The molecule has 2 fully saturated rings. The molecule has 2 aliphatic rings. The summed E-state index contributed by atoms with van der Waals surface area (Å²) >= 11 is 0. The van der Waals surface area contributed by atoms with Crippen molar-refractivity contribution < 1.29 is 79.2 Å². The standard InChI is InChI=1S/C27H30O16/c1-8-18(32)20(34)22(36)26(40-8)39-7-15-19(33)21(35)23(37)27(42-15)43-25(38)17-16-13(31)5-10(28)6-14(16)41-24(17)9-2-3-11(29)12(30)4-9/h2-6,8,15,18-23,26-37H,7H2,1H3. The van der Waals surface area contributed by atoms with E-state index < -0.39 is 103 Å². The van der Waals surface area contributed by atoms with Crippen molar-refractivity contribution in [3.05, 3.63) is 35.9 Å². The highest BCUT2D eigenvalue weighted by atomic mass is 16.7. The minimum Gasteiger partial charge on any atom is -0.508 e. The average molecular weight is 611 g/mol. The zero-order valence-corrected chi connectivity index (χ0v) is 22.3. The molecule has 0 radical (unpaired) electrons. The van der Waals surface area contributed by atoms with Crippen LogP contribution in [0.4, 0.5) is 0 Å². The van der Waals surface area contributed by atoms with Gasteiger partial charge in [0.1, 0.15) is 71.1 Å². The third-order valence-electron chi connectivity index (χ3n) is 7.32. The summed E-state index contributed by atoms with van der Waals surface area (Å²) in [5, 5.41) is 101. The van der Waals surface area contributed by atoms with Gasteiger partial charge in [-0.25, -0.2) is 4.79 Å². The van der Waals surface area contributed by atoms with E-state index in [1.807, 2.05) is 0 Å². The van der Waals surface area contributed by atoms with Gasteiger partial charge >= 0.3 is 5.97 Å². The fraction of sp³-hybridized carbons (Fsp3) is 0.444. The minimum absolute atomic E-state index is 0.0387. The molecule has 10 N–H and O–H groups in total. The van der Waals surface area contributed by atoms with Crippen molar-refractivity contribution in [1.82, 2.24) is 0 Å². The van der Waals surface area contributed by atoms with Gasteiger partial charge in [-0.15, -0.1) is 0 Å². The maximum Gasteiger partial charge on any atom is 0.345 e. The third kappa shape index (κ3) is 5.67. The number of ether oxygens (including phenoxy) is 4. The Labute approximate surface area is 241 Å². The van der Waals surface area contributed by atoms with E-state index in [-0.39, 0.29) is 22.3 Å². The average Bonchev–Trinajstić information content (AvgIpc) is 3.35. The molecule has 43 heavy (non-hydrogen) atoms. The summed E-state index contributed by atoms with van der Waals surface area (Å²) in [4.78, 5) is 13.5. The molecule has 2 saturated heterocycles. The third-order valence-corrected chi connectivity index (χ3v) is 7.32. The van der Waals surface area contributed by atoms with Crippen LogP contribution in [0.5, 0.6) is 23.0 Å². The summed E-state index contributed by atoms with van der Waals surface area (Å²) in [7, 11) is 0. The zero-order valence-electron chi connectivity index (χ0n) is 22.3. The maximum atomic E-state index is 13.5. The molecule has 3 heterocycles. The first-order valence-corrected chi connectivity index (χ1v) is 13.0. The monoisotopic (exact) mass is 610 g/mol. The Morgan fingerprint density at radius 3 is 2.14 bits per heavy atom. The molecular weight excluding hydrogens is 580 g/mol. The first kappa shape index (κ1) is 30.7. The molecule has 16 heteroatoms. The highest BCUT2D eigenvalue weighted by Gasteiger charge is 2.48. The second-order valence-electron chi connectivity index (χ2n) is 10.3. The van der Waals surface area contributed by atoms with Gasteiger partial charge in [-0.2, -0.15) is 0 Å². The van der Waals surface area contributed by atoms with Gasteiger partial charge in [-0.3, -0.25) is 0 Å². The van der Waals surface area contributed by atoms with Crippen LogP contribution >= 0.6 is 0 Å². The lowest BCUT2D eigenvalue weighted by atomic mass is 9.98. The van der Waals surface area contributed by atoms with Crippen LogP contribution in [-0.2, 0) is 18.9 Å². The van der Waals surface area contributed by atoms with Gasteiger partial charge < -0.3 is 74.4 Å². The summed E-state index contributed by atoms with van der Waals surface area (Å²) in [6.07, 6.45) is -16.2. The van der Waals surface area contributed by atoms with Crippen molar-refractivity contribution in [1.29, 1.82) is 0 Å². The Hall–Kier alpha value is -3.71. The maximum absolute atomic E-state index is 13.5. The van der Waals surface area contributed by atoms with Gasteiger partial charge in [0, 0.05) is 17.7 Å². The summed E-state index contributed by atoms with van der Waals surface area (Å²) in [5.41, 5.74) is -0.578. The van der Waals surface area contributed by atoms with Crippen LogP contribution in [0.25, 0.3) is 22.3 Å². The van der Waals surface area contributed by atoms with E-state index in [4.69, 9.17) is 23.4 Å². The minimum atomic E-state index is -1.99. The van der Waals surface area contributed by atoms with Crippen molar-refractivity contribution in [3.8, 4) is 34.3 Å². The Balaban J connectivity index is 1.41. The number of hydrogen-bond acceptors (Lipinski definition) is 16. The van der Waals surface area contributed by atoms with E-state index in [1.165, 1.54) is 13.0 Å². The SMILES string of the molecule is CC1OC(OCC2OC(OC(=O)c3c(-c4ccc(O)c(O)c4)oc4cc(O)cc(O)c34)C(O)C(O)C2O)C(O)C(O)C1O. The molecule has 16 nitrogen and oxygen atoms in total. The molecule has 0 saturated carbocycles.